The van der Waals surface area contributed by atoms with Crippen molar-refractivity contribution in [1.82, 2.24) is 0 Å². The zero-order chi connectivity index (χ0) is 18.0. The van der Waals surface area contributed by atoms with Gasteiger partial charge < -0.3 is 5.32 Å². The van der Waals surface area contributed by atoms with Crippen LogP contribution in [0.1, 0.15) is 12.5 Å². The number of carbonyl (C=O) groups is 1. The molecule has 0 bridgehead atoms. The Balaban J connectivity index is 1.92. The van der Waals surface area contributed by atoms with Gasteiger partial charge in [0.05, 0.1) is 27.9 Å². The lowest BCUT2D eigenvalue weighted by Crippen LogP contribution is -2.20. The van der Waals surface area contributed by atoms with Crippen molar-refractivity contribution in [2.24, 2.45) is 5.92 Å². The first-order valence-corrected chi connectivity index (χ1v) is 9.96. The molecule has 0 unspecified atom stereocenters. The minimum Gasteiger partial charge on any atom is -0.325 e. The summed E-state index contributed by atoms with van der Waals surface area (Å²) in [4.78, 5) is 12.9. The lowest BCUT2D eigenvalue weighted by atomic mass is 10.2. The summed E-state index contributed by atoms with van der Waals surface area (Å²) in [5.74, 6) is 0.365. The van der Waals surface area contributed by atoms with Crippen molar-refractivity contribution < 1.29 is 13.2 Å². The van der Waals surface area contributed by atoms with Gasteiger partial charge in [0, 0.05) is 16.6 Å². The highest BCUT2D eigenvalue weighted by molar-refractivity contribution is 7.99. The third-order valence-corrected chi connectivity index (χ3v) is 6.41. The van der Waals surface area contributed by atoms with Crippen molar-refractivity contribution in [3.05, 3.63) is 48.0 Å². The Labute approximate surface area is 150 Å². The lowest BCUT2D eigenvalue weighted by molar-refractivity contribution is -0.118. The Bertz CT molecular complexity index is 981. The van der Waals surface area contributed by atoms with E-state index in [1.165, 1.54) is 30.0 Å². The number of benzene rings is 2. The third kappa shape index (κ3) is 3.78. The van der Waals surface area contributed by atoms with E-state index >= 15 is 0 Å². The van der Waals surface area contributed by atoms with E-state index in [1.807, 2.05) is 13.0 Å². The van der Waals surface area contributed by atoms with Gasteiger partial charge in [-0.2, -0.15) is 5.26 Å². The number of anilines is 2. The molecule has 0 radical (unpaired) electrons. The summed E-state index contributed by atoms with van der Waals surface area (Å²) >= 11 is 1.52. The molecule has 0 fully saturated rings. The topological polar surface area (TPSA) is 99.1 Å². The molecule has 1 amide bonds. The largest absolute Gasteiger partial charge is 0.325 e. The molecule has 3 rings (SSSR count). The molecule has 1 aliphatic rings. The molecule has 0 aromatic heterocycles. The van der Waals surface area contributed by atoms with Crippen LogP contribution in [0.15, 0.2) is 52.3 Å². The van der Waals surface area contributed by atoms with E-state index in [9.17, 15) is 13.2 Å². The number of carbonyl (C=O) groups excluding carboxylic acids is 1. The summed E-state index contributed by atoms with van der Waals surface area (Å²) in [5, 5.41) is 11.7. The van der Waals surface area contributed by atoms with Crippen molar-refractivity contribution >= 4 is 39.1 Å². The smallest absolute Gasteiger partial charge is 0.261 e. The SMILES string of the molecule is C[C@@H]1CSc2ccc(S(=O)(=O)Nc3cccc(C#N)c3)cc2NC1=O. The number of thioether (sulfide) groups is 1. The van der Waals surface area contributed by atoms with Crippen LogP contribution in [-0.2, 0) is 14.8 Å². The van der Waals surface area contributed by atoms with Crippen LogP contribution in [-0.4, -0.2) is 20.1 Å². The maximum absolute atomic E-state index is 12.6. The Morgan fingerprint density at radius 1 is 1.28 bits per heavy atom. The summed E-state index contributed by atoms with van der Waals surface area (Å²) in [7, 11) is -3.83. The molecular formula is C17H15N3O3S2. The Hall–Kier alpha value is -2.50. The van der Waals surface area contributed by atoms with Crippen LogP contribution < -0.4 is 10.0 Å². The van der Waals surface area contributed by atoms with Crippen LogP contribution in [0, 0.1) is 17.2 Å². The quantitative estimate of drug-likeness (QED) is 0.861. The maximum atomic E-state index is 12.6. The molecule has 1 atom stereocenters. The van der Waals surface area contributed by atoms with Crippen LogP contribution in [0.4, 0.5) is 11.4 Å². The third-order valence-electron chi connectivity index (χ3n) is 3.70. The molecule has 8 heteroatoms. The van der Waals surface area contributed by atoms with Gasteiger partial charge in [-0.15, -0.1) is 11.8 Å². The monoisotopic (exact) mass is 373 g/mol. The van der Waals surface area contributed by atoms with Gasteiger partial charge in [-0.25, -0.2) is 8.42 Å². The number of amides is 1. The van der Waals surface area contributed by atoms with Gasteiger partial charge in [0.1, 0.15) is 0 Å². The van der Waals surface area contributed by atoms with E-state index in [1.54, 1.807) is 24.3 Å². The molecule has 1 heterocycles. The summed E-state index contributed by atoms with van der Waals surface area (Å²) < 4.78 is 27.7. The van der Waals surface area contributed by atoms with Crippen molar-refractivity contribution in [3.8, 4) is 6.07 Å². The van der Waals surface area contributed by atoms with Gasteiger partial charge in [0.2, 0.25) is 5.91 Å². The van der Waals surface area contributed by atoms with Crippen LogP contribution in [0.25, 0.3) is 0 Å². The zero-order valence-electron chi connectivity index (χ0n) is 13.3. The number of hydrogen-bond acceptors (Lipinski definition) is 5. The van der Waals surface area contributed by atoms with Crippen molar-refractivity contribution in [3.63, 3.8) is 0 Å². The fourth-order valence-corrected chi connectivity index (χ4v) is 4.40. The van der Waals surface area contributed by atoms with Gasteiger partial charge in [0.15, 0.2) is 0 Å². The second kappa shape index (κ2) is 6.78. The highest BCUT2D eigenvalue weighted by Gasteiger charge is 2.23. The molecule has 2 N–H and O–H groups in total. The highest BCUT2D eigenvalue weighted by atomic mass is 32.2. The van der Waals surface area contributed by atoms with Crippen LogP contribution in [0.3, 0.4) is 0 Å². The van der Waals surface area contributed by atoms with E-state index in [-0.39, 0.29) is 16.7 Å². The molecule has 0 spiro atoms. The second-order valence-corrected chi connectivity index (χ2v) is 8.40. The molecule has 128 valence electrons. The molecule has 2 aromatic carbocycles. The van der Waals surface area contributed by atoms with Crippen molar-refractivity contribution in [1.29, 1.82) is 5.26 Å². The Kier molecular flexibility index (Phi) is 4.70. The summed E-state index contributed by atoms with van der Waals surface area (Å²) in [6, 6.07) is 12.8. The number of nitriles is 1. The van der Waals surface area contributed by atoms with Crippen LogP contribution >= 0.6 is 11.8 Å². The Morgan fingerprint density at radius 2 is 2.08 bits per heavy atom. The first-order chi connectivity index (χ1) is 11.9. The van der Waals surface area contributed by atoms with Crippen LogP contribution in [0.2, 0.25) is 0 Å². The van der Waals surface area contributed by atoms with E-state index in [0.29, 0.717) is 22.7 Å². The molecule has 2 aromatic rings. The zero-order valence-corrected chi connectivity index (χ0v) is 14.9. The summed E-state index contributed by atoms with van der Waals surface area (Å²) in [6.45, 7) is 1.83. The summed E-state index contributed by atoms with van der Waals surface area (Å²) in [6.07, 6.45) is 0. The van der Waals surface area contributed by atoms with Gasteiger partial charge in [-0.3, -0.25) is 9.52 Å². The minimum atomic E-state index is -3.83. The van der Waals surface area contributed by atoms with Crippen molar-refractivity contribution in [2.45, 2.75) is 16.7 Å². The number of sulfonamides is 1. The van der Waals surface area contributed by atoms with Gasteiger partial charge in [0.25, 0.3) is 10.0 Å². The summed E-state index contributed by atoms with van der Waals surface area (Å²) in [5.41, 5.74) is 1.16. The number of nitrogens with zero attached hydrogens (tertiary/aromatic N) is 1. The average molecular weight is 373 g/mol. The predicted octanol–water partition coefficient (Wildman–Crippen LogP) is 3.04. The highest BCUT2D eigenvalue weighted by Crippen LogP contribution is 2.34. The lowest BCUT2D eigenvalue weighted by Gasteiger charge is -2.11. The number of hydrogen-bond donors (Lipinski definition) is 2. The number of nitrogens with one attached hydrogen (secondary N) is 2. The van der Waals surface area contributed by atoms with Crippen molar-refractivity contribution in [2.75, 3.05) is 15.8 Å². The van der Waals surface area contributed by atoms with E-state index in [4.69, 9.17) is 5.26 Å². The molecule has 25 heavy (non-hydrogen) atoms. The standard InChI is InChI=1S/C17H15N3O3S2/c1-11-10-24-16-6-5-14(8-15(16)19-17(11)21)25(22,23)20-13-4-2-3-12(7-13)9-18/h2-8,11,20H,10H2,1H3,(H,19,21)/t11-/m1/s1. The normalized spacial score (nSPS) is 17.0. The molecular weight excluding hydrogens is 358 g/mol. The molecule has 0 saturated heterocycles. The molecule has 0 saturated carbocycles. The minimum absolute atomic E-state index is 0.0454. The van der Waals surface area contributed by atoms with Gasteiger partial charge in [-0.05, 0) is 36.4 Å². The average Bonchev–Trinajstić information content (AvgIpc) is 2.73. The molecule has 6 nitrogen and oxygen atoms in total. The maximum Gasteiger partial charge on any atom is 0.261 e. The number of rotatable bonds is 3. The first kappa shape index (κ1) is 17.3. The molecule has 1 aliphatic heterocycles. The molecule has 0 aliphatic carbocycles. The second-order valence-electron chi connectivity index (χ2n) is 5.66. The van der Waals surface area contributed by atoms with Gasteiger partial charge >= 0.3 is 0 Å². The van der Waals surface area contributed by atoms with E-state index in [2.05, 4.69) is 10.0 Å². The fraction of sp³-hybridized carbons (Fsp3) is 0.176. The van der Waals surface area contributed by atoms with E-state index in [0.717, 1.165) is 4.90 Å². The fourth-order valence-electron chi connectivity index (χ4n) is 2.31. The Morgan fingerprint density at radius 3 is 2.84 bits per heavy atom. The predicted molar refractivity (Wildman–Crippen MR) is 96.9 cm³/mol. The first-order valence-electron chi connectivity index (χ1n) is 7.50. The van der Waals surface area contributed by atoms with E-state index < -0.39 is 10.0 Å². The van der Waals surface area contributed by atoms with Gasteiger partial charge in [-0.1, -0.05) is 13.0 Å². The van der Waals surface area contributed by atoms with Crippen LogP contribution in [0.5, 0.6) is 0 Å². The number of fused-ring (bicyclic) bond motifs is 1.